The van der Waals surface area contributed by atoms with Gasteiger partial charge in [0.1, 0.15) is 0 Å². The summed E-state index contributed by atoms with van der Waals surface area (Å²) in [6, 6.07) is -0.0430. The van der Waals surface area contributed by atoms with Gasteiger partial charge >= 0.3 is 0 Å². The molecule has 0 aromatic carbocycles. The van der Waals surface area contributed by atoms with Crippen molar-refractivity contribution in [1.29, 1.82) is 0 Å². The van der Waals surface area contributed by atoms with Gasteiger partial charge in [0.05, 0.1) is 19.3 Å². The summed E-state index contributed by atoms with van der Waals surface area (Å²) in [5.74, 6) is 0.702. The number of likely N-dealkylation sites (tertiary alicyclic amines) is 1. The van der Waals surface area contributed by atoms with Crippen molar-refractivity contribution in [2.45, 2.75) is 26.8 Å². The third-order valence-corrected chi connectivity index (χ3v) is 3.07. The first kappa shape index (κ1) is 11.0. The molecule has 0 unspecified atom stereocenters. The molecule has 1 saturated heterocycles. The number of aliphatic hydroxyl groups is 2. The van der Waals surface area contributed by atoms with Crippen LogP contribution in [0.3, 0.4) is 0 Å². The summed E-state index contributed by atoms with van der Waals surface area (Å²) >= 11 is 0. The van der Waals surface area contributed by atoms with Crippen LogP contribution in [0.1, 0.15) is 20.8 Å². The van der Waals surface area contributed by atoms with E-state index in [-0.39, 0.29) is 19.3 Å². The van der Waals surface area contributed by atoms with Crippen LogP contribution in [0.2, 0.25) is 0 Å². The third kappa shape index (κ3) is 2.42. The van der Waals surface area contributed by atoms with Crippen LogP contribution in [0.5, 0.6) is 0 Å². The van der Waals surface area contributed by atoms with Crippen molar-refractivity contribution in [3.05, 3.63) is 0 Å². The van der Waals surface area contributed by atoms with Gasteiger partial charge in [0, 0.05) is 13.1 Å². The molecule has 0 spiro atoms. The zero-order valence-corrected chi connectivity index (χ0v) is 8.82. The normalized spacial score (nSPS) is 20.8. The van der Waals surface area contributed by atoms with E-state index in [2.05, 4.69) is 25.7 Å². The molecule has 0 amide bonds. The molecule has 1 aliphatic rings. The Morgan fingerprint density at radius 3 is 2.00 bits per heavy atom. The minimum Gasteiger partial charge on any atom is -0.395 e. The number of hydrogen-bond acceptors (Lipinski definition) is 3. The van der Waals surface area contributed by atoms with Gasteiger partial charge in [-0.2, -0.15) is 0 Å². The minimum atomic E-state index is -0.0430. The van der Waals surface area contributed by atoms with Gasteiger partial charge in [0.15, 0.2) is 0 Å². The van der Waals surface area contributed by atoms with Crippen molar-refractivity contribution in [1.82, 2.24) is 4.90 Å². The van der Waals surface area contributed by atoms with E-state index < -0.39 is 0 Å². The Bertz CT molecular complexity index is 155. The van der Waals surface area contributed by atoms with Gasteiger partial charge in [0.2, 0.25) is 0 Å². The number of hydrogen-bond donors (Lipinski definition) is 2. The lowest BCUT2D eigenvalue weighted by Crippen LogP contribution is -2.58. The highest BCUT2D eigenvalue weighted by atomic mass is 16.3. The van der Waals surface area contributed by atoms with E-state index in [9.17, 15) is 0 Å². The lowest BCUT2D eigenvalue weighted by Gasteiger charge is -2.49. The predicted octanol–water partition coefficient (Wildman–Crippen LogP) is 0.318. The highest BCUT2D eigenvalue weighted by Crippen LogP contribution is 2.34. The summed E-state index contributed by atoms with van der Waals surface area (Å²) in [7, 11) is 0. The third-order valence-electron chi connectivity index (χ3n) is 3.07. The largest absolute Gasteiger partial charge is 0.395 e. The summed E-state index contributed by atoms with van der Waals surface area (Å²) in [6.07, 6.45) is 0. The fourth-order valence-electron chi connectivity index (χ4n) is 1.65. The quantitative estimate of drug-likeness (QED) is 0.668. The molecule has 0 saturated carbocycles. The SMILES string of the molecule is CC(C)(C)C1CN(C(CO)CO)C1. The fraction of sp³-hybridized carbons (Fsp3) is 1.00. The molecule has 13 heavy (non-hydrogen) atoms. The number of rotatable bonds is 3. The average molecular weight is 187 g/mol. The van der Waals surface area contributed by atoms with Crippen LogP contribution < -0.4 is 0 Å². The van der Waals surface area contributed by atoms with Gasteiger partial charge in [-0.15, -0.1) is 0 Å². The van der Waals surface area contributed by atoms with Crippen LogP contribution in [-0.4, -0.2) is 47.5 Å². The first-order valence-electron chi connectivity index (χ1n) is 4.94. The second-order valence-corrected chi connectivity index (χ2v) is 5.04. The average Bonchev–Trinajstić information content (AvgIpc) is 1.92. The molecular weight excluding hydrogens is 166 g/mol. The van der Waals surface area contributed by atoms with E-state index in [0.717, 1.165) is 13.1 Å². The molecule has 0 aliphatic carbocycles. The second-order valence-electron chi connectivity index (χ2n) is 5.04. The molecule has 1 fully saturated rings. The molecular formula is C10H21NO2. The Balaban J connectivity index is 2.32. The van der Waals surface area contributed by atoms with Crippen molar-refractivity contribution < 1.29 is 10.2 Å². The number of aliphatic hydroxyl groups excluding tert-OH is 2. The minimum absolute atomic E-state index is 0.0430. The Hall–Kier alpha value is -0.120. The molecule has 1 aliphatic heterocycles. The van der Waals surface area contributed by atoms with Crippen LogP contribution in [0.4, 0.5) is 0 Å². The number of nitrogens with zero attached hydrogens (tertiary/aromatic N) is 1. The van der Waals surface area contributed by atoms with Crippen LogP contribution in [0, 0.1) is 11.3 Å². The molecule has 0 aromatic heterocycles. The molecule has 0 bridgehead atoms. The Kier molecular flexibility index (Phi) is 3.33. The maximum atomic E-state index is 8.95. The van der Waals surface area contributed by atoms with E-state index in [4.69, 9.17) is 10.2 Å². The van der Waals surface area contributed by atoms with Gasteiger partial charge < -0.3 is 10.2 Å². The molecule has 2 N–H and O–H groups in total. The van der Waals surface area contributed by atoms with E-state index in [1.165, 1.54) is 0 Å². The van der Waals surface area contributed by atoms with E-state index in [1.807, 2.05) is 0 Å². The summed E-state index contributed by atoms with van der Waals surface area (Å²) in [5, 5.41) is 17.9. The lowest BCUT2D eigenvalue weighted by molar-refractivity contribution is -0.0398. The van der Waals surface area contributed by atoms with Crippen LogP contribution >= 0.6 is 0 Å². The van der Waals surface area contributed by atoms with Gasteiger partial charge in [-0.1, -0.05) is 20.8 Å². The lowest BCUT2D eigenvalue weighted by atomic mass is 9.75. The van der Waals surface area contributed by atoms with Crippen molar-refractivity contribution in [2.24, 2.45) is 11.3 Å². The first-order valence-corrected chi connectivity index (χ1v) is 4.94. The molecule has 1 rings (SSSR count). The van der Waals surface area contributed by atoms with Gasteiger partial charge in [-0.25, -0.2) is 0 Å². The van der Waals surface area contributed by atoms with E-state index >= 15 is 0 Å². The predicted molar refractivity (Wildman–Crippen MR) is 52.5 cm³/mol. The monoisotopic (exact) mass is 187 g/mol. The summed E-state index contributed by atoms with van der Waals surface area (Å²) in [4.78, 5) is 2.15. The highest BCUT2D eigenvalue weighted by Gasteiger charge is 2.38. The maximum absolute atomic E-state index is 8.95. The van der Waals surface area contributed by atoms with Crippen molar-refractivity contribution in [3.63, 3.8) is 0 Å². The Morgan fingerprint density at radius 2 is 1.69 bits per heavy atom. The molecule has 1 heterocycles. The molecule has 0 aromatic rings. The van der Waals surface area contributed by atoms with Crippen LogP contribution in [-0.2, 0) is 0 Å². The van der Waals surface area contributed by atoms with Gasteiger partial charge in [0.25, 0.3) is 0 Å². The van der Waals surface area contributed by atoms with Gasteiger partial charge in [-0.05, 0) is 11.3 Å². The van der Waals surface area contributed by atoms with Crippen molar-refractivity contribution in [3.8, 4) is 0 Å². The summed E-state index contributed by atoms with van der Waals surface area (Å²) in [6.45, 7) is 8.86. The van der Waals surface area contributed by atoms with E-state index in [1.54, 1.807) is 0 Å². The molecule has 0 atom stereocenters. The maximum Gasteiger partial charge on any atom is 0.0609 e. The molecule has 0 radical (unpaired) electrons. The van der Waals surface area contributed by atoms with Crippen LogP contribution in [0.15, 0.2) is 0 Å². The first-order chi connectivity index (χ1) is 5.99. The summed E-state index contributed by atoms with van der Waals surface area (Å²) in [5.41, 5.74) is 0.353. The standard InChI is InChI=1S/C10H21NO2/c1-10(2,3)8-4-11(5-8)9(6-12)7-13/h8-9,12-13H,4-7H2,1-3H3. The Labute approximate surface area is 80.4 Å². The van der Waals surface area contributed by atoms with Crippen LogP contribution in [0.25, 0.3) is 0 Å². The zero-order valence-electron chi connectivity index (χ0n) is 8.82. The summed E-state index contributed by atoms with van der Waals surface area (Å²) < 4.78 is 0. The second kappa shape index (κ2) is 3.95. The highest BCUT2D eigenvalue weighted by molar-refractivity contribution is 4.90. The molecule has 3 nitrogen and oxygen atoms in total. The zero-order chi connectivity index (χ0) is 10.1. The van der Waals surface area contributed by atoms with Crippen molar-refractivity contribution in [2.75, 3.05) is 26.3 Å². The van der Waals surface area contributed by atoms with E-state index in [0.29, 0.717) is 11.3 Å². The van der Waals surface area contributed by atoms with Crippen molar-refractivity contribution >= 4 is 0 Å². The fourth-order valence-corrected chi connectivity index (χ4v) is 1.65. The topological polar surface area (TPSA) is 43.7 Å². The smallest absolute Gasteiger partial charge is 0.0609 e. The van der Waals surface area contributed by atoms with Gasteiger partial charge in [-0.3, -0.25) is 4.90 Å². The molecule has 3 heteroatoms. The molecule has 78 valence electrons. The Morgan fingerprint density at radius 1 is 1.23 bits per heavy atom.